The molecule has 0 aliphatic carbocycles. The third kappa shape index (κ3) is 2.97. The number of hydrogen-bond acceptors (Lipinski definition) is 7. The monoisotopic (exact) mass is 250 g/mol. The summed E-state index contributed by atoms with van der Waals surface area (Å²) in [5.41, 5.74) is 0.177. The number of esters is 1. The molecule has 2 aromatic rings. The molecule has 17 heavy (non-hydrogen) atoms. The van der Waals surface area contributed by atoms with E-state index in [0.717, 1.165) is 5.01 Å². The lowest BCUT2D eigenvalue weighted by Crippen LogP contribution is -2.08. The van der Waals surface area contributed by atoms with Gasteiger partial charge in [0.25, 0.3) is 0 Å². The second-order valence-electron chi connectivity index (χ2n) is 3.06. The van der Waals surface area contributed by atoms with E-state index in [-0.39, 0.29) is 5.69 Å². The highest BCUT2D eigenvalue weighted by Gasteiger charge is 2.08. The second-order valence-corrected chi connectivity index (χ2v) is 4.04. The Hall–Kier alpha value is -2.02. The van der Waals surface area contributed by atoms with Gasteiger partial charge >= 0.3 is 5.97 Å². The van der Waals surface area contributed by atoms with E-state index in [1.807, 2.05) is 5.38 Å². The molecule has 2 aromatic heterocycles. The first-order valence-corrected chi connectivity index (χ1v) is 5.70. The number of nitrogens with one attached hydrogen (secondary N) is 1. The summed E-state index contributed by atoms with van der Waals surface area (Å²) in [5.74, 6) is 0.0125. The highest BCUT2D eigenvalue weighted by Crippen LogP contribution is 2.08. The van der Waals surface area contributed by atoms with Gasteiger partial charge in [-0.2, -0.15) is 0 Å². The van der Waals surface area contributed by atoms with Gasteiger partial charge in [-0.15, -0.1) is 11.3 Å². The van der Waals surface area contributed by atoms with E-state index in [0.29, 0.717) is 12.4 Å². The smallest absolute Gasteiger partial charge is 0.358 e. The van der Waals surface area contributed by atoms with E-state index >= 15 is 0 Å². The maximum absolute atomic E-state index is 11.2. The number of nitrogens with zero attached hydrogens (tertiary/aromatic N) is 3. The summed E-state index contributed by atoms with van der Waals surface area (Å²) in [6.45, 7) is 0.553. The van der Waals surface area contributed by atoms with Crippen LogP contribution in [0.2, 0.25) is 0 Å². The molecule has 0 radical (unpaired) electrons. The van der Waals surface area contributed by atoms with Crippen molar-refractivity contribution in [1.29, 1.82) is 0 Å². The van der Waals surface area contributed by atoms with Crippen LogP contribution in [0.25, 0.3) is 0 Å². The molecule has 2 rings (SSSR count). The van der Waals surface area contributed by atoms with Crippen LogP contribution >= 0.6 is 11.3 Å². The van der Waals surface area contributed by atoms with Crippen molar-refractivity contribution in [1.82, 2.24) is 15.0 Å². The fraction of sp³-hybridized carbons (Fsp3) is 0.200. The molecule has 2 heterocycles. The zero-order valence-corrected chi connectivity index (χ0v) is 9.90. The molecule has 0 atom stereocenters. The summed E-state index contributed by atoms with van der Waals surface area (Å²) < 4.78 is 4.56. The predicted octanol–water partition coefficient (Wildman–Crippen LogP) is 1.33. The molecule has 0 saturated heterocycles. The van der Waals surface area contributed by atoms with Crippen LogP contribution in [0.4, 0.5) is 5.82 Å². The van der Waals surface area contributed by atoms with E-state index in [9.17, 15) is 4.79 Å². The van der Waals surface area contributed by atoms with Crippen molar-refractivity contribution in [2.75, 3.05) is 12.4 Å². The van der Waals surface area contributed by atoms with Crippen molar-refractivity contribution in [3.8, 4) is 0 Å². The summed E-state index contributed by atoms with van der Waals surface area (Å²) in [6, 6.07) is 0. The SMILES string of the molecule is COC(=O)c1cncc(NCc2nccs2)n1. The van der Waals surface area contributed by atoms with Crippen LogP contribution in [0.3, 0.4) is 0 Å². The number of carbonyl (C=O) groups is 1. The van der Waals surface area contributed by atoms with Gasteiger partial charge in [0, 0.05) is 11.6 Å². The quantitative estimate of drug-likeness (QED) is 0.825. The van der Waals surface area contributed by atoms with Crippen molar-refractivity contribution in [2.45, 2.75) is 6.54 Å². The molecule has 0 spiro atoms. The van der Waals surface area contributed by atoms with E-state index in [1.54, 1.807) is 23.7 Å². The molecule has 1 N–H and O–H groups in total. The minimum atomic E-state index is -0.504. The molecular weight excluding hydrogens is 240 g/mol. The number of methoxy groups -OCH3 is 1. The molecule has 6 nitrogen and oxygen atoms in total. The van der Waals surface area contributed by atoms with Crippen molar-refractivity contribution in [3.05, 3.63) is 34.7 Å². The molecule has 0 aromatic carbocycles. The predicted molar refractivity (Wildman–Crippen MR) is 62.8 cm³/mol. The lowest BCUT2D eigenvalue weighted by Gasteiger charge is -2.04. The zero-order valence-electron chi connectivity index (χ0n) is 9.08. The van der Waals surface area contributed by atoms with Crippen LogP contribution < -0.4 is 5.32 Å². The van der Waals surface area contributed by atoms with Gasteiger partial charge in [-0.1, -0.05) is 0 Å². The third-order valence-corrected chi connectivity index (χ3v) is 2.71. The molecule has 88 valence electrons. The average molecular weight is 250 g/mol. The largest absolute Gasteiger partial charge is 0.464 e. The molecule has 0 unspecified atom stereocenters. The first-order chi connectivity index (χ1) is 8.29. The molecule has 0 fully saturated rings. The Balaban J connectivity index is 2.03. The summed E-state index contributed by atoms with van der Waals surface area (Å²) in [4.78, 5) is 23.3. The molecule has 0 aliphatic heterocycles. The number of ether oxygens (including phenoxy) is 1. The molecule has 0 saturated carbocycles. The molecule has 0 bridgehead atoms. The summed E-state index contributed by atoms with van der Waals surface area (Å²) in [5, 5.41) is 5.87. The van der Waals surface area contributed by atoms with Crippen molar-refractivity contribution < 1.29 is 9.53 Å². The van der Waals surface area contributed by atoms with Gasteiger partial charge < -0.3 is 10.1 Å². The highest BCUT2D eigenvalue weighted by atomic mass is 32.1. The van der Waals surface area contributed by atoms with Gasteiger partial charge in [0.1, 0.15) is 10.8 Å². The molecular formula is C10H10N4O2S. The number of carbonyl (C=O) groups excluding carboxylic acids is 1. The van der Waals surface area contributed by atoms with Crippen LogP contribution in [-0.2, 0) is 11.3 Å². The third-order valence-electron chi connectivity index (χ3n) is 1.93. The Morgan fingerprint density at radius 3 is 3.12 bits per heavy atom. The van der Waals surface area contributed by atoms with Crippen LogP contribution in [0, 0.1) is 0 Å². The fourth-order valence-electron chi connectivity index (χ4n) is 1.16. The number of hydrogen-bond donors (Lipinski definition) is 1. The van der Waals surface area contributed by atoms with E-state index in [4.69, 9.17) is 0 Å². The standard InChI is InChI=1S/C10H10N4O2S/c1-16-10(15)7-4-11-5-8(14-7)13-6-9-12-2-3-17-9/h2-5H,6H2,1H3,(H,13,14). The zero-order chi connectivity index (χ0) is 12.1. The minimum absolute atomic E-state index is 0.177. The Morgan fingerprint density at radius 2 is 2.41 bits per heavy atom. The summed E-state index contributed by atoms with van der Waals surface area (Å²) in [6.07, 6.45) is 4.64. The average Bonchev–Trinajstić information content (AvgIpc) is 2.89. The lowest BCUT2D eigenvalue weighted by atomic mass is 10.4. The summed E-state index contributed by atoms with van der Waals surface area (Å²) in [7, 11) is 1.31. The summed E-state index contributed by atoms with van der Waals surface area (Å²) >= 11 is 1.54. The first kappa shape index (κ1) is 11.5. The normalized spacial score (nSPS) is 9.94. The van der Waals surface area contributed by atoms with Gasteiger partial charge in [-0.05, 0) is 0 Å². The van der Waals surface area contributed by atoms with E-state index in [1.165, 1.54) is 13.3 Å². The van der Waals surface area contributed by atoms with Gasteiger partial charge in [-0.3, -0.25) is 4.98 Å². The highest BCUT2D eigenvalue weighted by molar-refractivity contribution is 7.09. The Kier molecular flexibility index (Phi) is 3.61. The van der Waals surface area contributed by atoms with E-state index < -0.39 is 5.97 Å². The lowest BCUT2D eigenvalue weighted by molar-refractivity contribution is 0.0593. The number of thiazole rings is 1. The van der Waals surface area contributed by atoms with Crippen LogP contribution in [0.5, 0.6) is 0 Å². The van der Waals surface area contributed by atoms with Gasteiger partial charge in [0.2, 0.25) is 0 Å². The second kappa shape index (κ2) is 5.35. The van der Waals surface area contributed by atoms with Crippen molar-refractivity contribution in [2.24, 2.45) is 0 Å². The number of rotatable bonds is 4. The van der Waals surface area contributed by atoms with Gasteiger partial charge in [-0.25, -0.2) is 14.8 Å². The van der Waals surface area contributed by atoms with Crippen molar-refractivity contribution >= 4 is 23.1 Å². The van der Waals surface area contributed by atoms with Gasteiger partial charge in [0.15, 0.2) is 5.69 Å². The topological polar surface area (TPSA) is 77.0 Å². The Morgan fingerprint density at radius 1 is 1.53 bits per heavy atom. The van der Waals surface area contributed by atoms with Crippen LogP contribution in [0.15, 0.2) is 24.0 Å². The van der Waals surface area contributed by atoms with E-state index in [2.05, 4.69) is 25.0 Å². The first-order valence-electron chi connectivity index (χ1n) is 4.82. The van der Waals surface area contributed by atoms with Gasteiger partial charge in [0.05, 0.1) is 26.0 Å². The Labute approximate surface area is 102 Å². The molecule has 7 heteroatoms. The molecule has 0 aliphatic rings. The Bertz CT molecular complexity index is 501. The minimum Gasteiger partial charge on any atom is -0.464 e. The molecule has 0 amide bonds. The van der Waals surface area contributed by atoms with Crippen LogP contribution in [-0.4, -0.2) is 28.0 Å². The van der Waals surface area contributed by atoms with Crippen LogP contribution in [0.1, 0.15) is 15.5 Å². The van der Waals surface area contributed by atoms with Crippen molar-refractivity contribution in [3.63, 3.8) is 0 Å². The fourth-order valence-corrected chi connectivity index (χ4v) is 1.72. The maximum Gasteiger partial charge on any atom is 0.358 e. The number of aromatic nitrogens is 3. The maximum atomic E-state index is 11.2. The number of anilines is 1.